The second-order valence-corrected chi connectivity index (χ2v) is 9.43. The lowest BCUT2D eigenvalue weighted by atomic mass is 9.63. The number of hydrogen-bond acceptors (Lipinski definition) is 4. The third kappa shape index (κ3) is 7.59. The Morgan fingerprint density at radius 3 is 2.59 bits per heavy atom. The molecule has 0 bridgehead atoms. The molecule has 0 saturated heterocycles. The maximum Gasteiger partial charge on any atom is 0.412 e. The highest BCUT2D eigenvalue weighted by Gasteiger charge is 2.42. The van der Waals surface area contributed by atoms with E-state index in [4.69, 9.17) is 15.2 Å². The molecule has 2 unspecified atom stereocenters. The molecule has 162 valence electrons. The topological polar surface area (TPSA) is 90.7 Å². The summed E-state index contributed by atoms with van der Waals surface area (Å²) in [5, 5.41) is 2.91. The predicted octanol–water partition coefficient (Wildman–Crippen LogP) is 5.19. The van der Waals surface area contributed by atoms with Gasteiger partial charge in [-0.1, -0.05) is 58.7 Å². The molecule has 6 heteroatoms. The molecule has 0 aromatic heterocycles. The van der Waals surface area contributed by atoms with Gasteiger partial charge in [0.1, 0.15) is 11.9 Å². The first kappa shape index (κ1) is 23.0. The van der Waals surface area contributed by atoms with Crippen LogP contribution in [0.25, 0.3) is 0 Å². The Kier molecular flexibility index (Phi) is 7.94. The molecule has 0 radical (unpaired) electrons. The SMILES string of the molecule is CCCCCc1ccccc1OC(=O)NCC1(C)CC(OC(N)=O)CC(C)(C)C1. The number of nitrogens with two attached hydrogens (primary N) is 1. The standard InChI is InChI=1S/C23H36N2O4/c1-5-6-7-10-17-11-8-9-12-19(17)29-21(27)25-16-23(4)14-18(28-20(24)26)13-22(2,3)15-23/h8-9,11-12,18H,5-7,10,13-16H2,1-4H3,(H2,24,26)(H,25,27). The van der Waals surface area contributed by atoms with Gasteiger partial charge in [0.2, 0.25) is 0 Å². The van der Waals surface area contributed by atoms with E-state index in [0.29, 0.717) is 18.7 Å². The average Bonchev–Trinajstić information content (AvgIpc) is 2.59. The molecule has 1 saturated carbocycles. The fourth-order valence-electron chi connectivity index (χ4n) is 4.72. The second kappa shape index (κ2) is 9.99. The van der Waals surface area contributed by atoms with Crippen molar-refractivity contribution in [1.82, 2.24) is 5.32 Å². The fraction of sp³-hybridized carbons (Fsp3) is 0.652. The fourth-order valence-corrected chi connectivity index (χ4v) is 4.72. The van der Waals surface area contributed by atoms with Crippen LogP contribution in [0.3, 0.4) is 0 Å². The summed E-state index contributed by atoms with van der Waals surface area (Å²) in [4.78, 5) is 23.7. The minimum Gasteiger partial charge on any atom is -0.446 e. The second-order valence-electron chi connectivity index (χ2n) is 9.43. The van der Waals surface area contributed by atoms with Gasteiger partial charge in [0.05, 0.1) is 0 Å². The van der Waals surface area contributed by atoms with Gasteiger partial charge in [-0.2, -0.15) is 0 Å². The van der Waals surface area contributed by atoms with Crippen molar-refractivity contribution in [2.24, 2.45) is 16.6 Å². The maximum absolute atomic E-state index is 12.5. The maximum atomic E-state index is 12.5. The third-order valence-electron chi connectivity index (χ3n) is 5.57. The first-order chi connectivity index (χ1) is 13.6. The van der Waals surface area contributed by atoms with Crippen LogP contribution in [0, 0.1) is 10.8 Å². The molecule has 29 heavy (non-hydrogen) atoms. The van der Waals surface area contributed by atoms with Crippen molar-refractivity contribution in [3.8, 4) is 5.75 Å². The predicted molar refractivity (Wildman–Crippen MR) is 114 cm³/mol. The van der Waals surface area contributed by atoms with Crippen molar-refractivity contribution >= 4 is 12.2 Å². The van der Waals surface area contributed by atoms with E-state index in [1.165, 1.54) is 0 Å². The highest BCUT2D eigenvalue weighted by Crippen LogP contribution is 2.46. The van der Waals surface area contributed by atoms with Crippen LogP contribution in [0.4, 0.5) is 9.59 Å². The van der Waals surface area contributed by atoms with Crippen molar-refractivity contribution < 1.29 is 19.1 Å². The normalized spacial score (nSPS) is 23.2. The Balaban J connectivity index is 1.95. The molecule has 2 atom stereocenters. The number of ether oxygens (including phenoxy) is 2. The Hall–Kier alpha value is -2.24. The van der Waals surface area contributed by atoms with E-state index in [0.717, 1.165) is 44.1 Å². The molecule has 1 fully saturated rings. The molecule has 1 aromatic rings. The number of para-hydroxylation sites is 1. The Labute approximate surface area is 174 Å². The van der Waals surface area contributed by atoms with Gasteiger partial charge in [-0.05, 0) is 54.6 Å². The smallest absolute Gasteiger partial charge is 0.412 e. The Morgan fingerprint density at radius 1 is 1.17 bits per heavy atom. The molecule has 3 N–H and O–H groups in total. The van der Waals surface area contributed by atoms with E-state index >= 15 is 0 Å². The number of aryl methyl sites for hydroxylation is 1. The molecule has 6 nitrogen and oxygen atoms in total. The van der Waals surface area contributed by atoms with Gasteiger partial charge >= 0.3 is 12.2 Å². The molecular weight excluding hydrogens is 368 g/mol. The van der Waals surface area contributed by atoms with E-state index in [9.17, 15) is 9.59 Å². The number of carbonyl (C=O) groups is 2. The van der Waals surface area contributed by atoms with Gasteiger partial charge in [-0.3, -0.25) is 0 Å². The summed E-state index contributed by atoms with van der Waals surface area (Å²) >= 11 is 0. The third-order valence-corrected chi connectivity index (χ3v) is 5.57. The summed E-state index contributed by atoms with van der Waals surface area (Å²) in [6, 6.07) is 7.69. The van der Waals surface area contributed by atoms with Crippen molar-refractivity contribution in [2.75, 3.05) is 6.54 Å². The number of benzene rings is 1. The summed E-state index contributed by atoms with van der Waals surface area (Å²) < 4.78 is 10.9. The molecule has 1 aromatic carbocycles. The van der Waals surface area contributed by atoms with Crippen molar-refractivity contribution in [1.29, 1.82) is 0 Å². The first-order valence-electron chi connectivity index (χ1n) is 10.6. The van der Waals surface area contributed by atoms with Crippen LogP contribution >= 0.6 is 0 Å². The molecule has 2 rings (SSSR count). The largest absolute Gasteiger partial charge is 0.446 e. The highest BCUT2D eigenvalue weighted by molar-refractivity contribution is 5.70. The summed E-state index contributed by atoms with van der Waals surface area (Å²) in [5.74, 6) is 0.616. The zero-order chi connectivity index (χ0) is 21.5. The number of nitrogens with one attached hydrogen (secondary N) is 1. The summed E-state index contributed by atoms with van der Waals surface area (Å²) in [6.07, 6.45) is 5.18. The first-order valence-corrected chi connectivity index (χ1v) is 10.6. The van der Waals surface area contributed by atoms with Crippen molar-refractivity contribution in [2.45, 2.75) is 78.7 Å². The minimum absolute atomic E-state index is 0.00935. The van der Waals surface area contributed by atoms with Gasteiger partial charge in [-0.25, -0.2) is 9.59 Å². The quantitative estimate of drug-likeness (QED) is 0.584. The van der Waals surface area contributed by atoms with Gasteiger partial charge in [0, 0.05) is 6.54 Å². The van der Waals surface area contributed by atoms with Gasteiger partial charge < -0.3 is 20.5 Å². The molecule has 1 aliphatic carbocycles. The Bertz CT molecular complexity index is 704. The van der Waals surface area contributed by atoms with Crippen LogP contribution in [0.1, 0.15) is 71.8 Å². The monoisotopic (exact) mass is 404 g/mol. The lowest BCUT2D eigenvalue weighted by molar-refractivity contribution is -0.0163. The summed E-state index contributed by atoms with van der Waals surface area (Å²) in [6.45, 7) is 9.01. The lowest BCUT2D eigenvalue weighted by Crippen LogP contribution is -2.47. The number of hydrogen-bond donors (Lipinski definition) is 2. The van der Waals surface area contributed by atoms with E-state index in [1.54, 1.807) is 0 Å². The molecule has 0 aliphatic heterocycles. The van der Waals surface area contributed by atoms with E-state index in [1.807, 2.05) is 24.3 Å². The van der Waals surface area contributed by atoms with Crippen LogP contribution < -0.4 is 15.8 Å². The molecule has 2 amide bonds. The van der Waals surface area contributed by atoms with E-state index in [2.05, 4.69) is 33.0 Å². The molecular formula is C23H36N2O4. The van der Waals surface area contributed by atoms with Crippen LogP contribution in [-0.2, 0) is 11.2 Å². The summed E-state index contributed by atoms with van der Waals surface area (Å²) in [5.41, 5.74) is 6.05. The highest BCUT2D eigenvalue weighted by atomic mass is 16.6. The molecule has 0 heterocycles. The minimum atomic E-state index is -0.748. The zero-order valence-corrected chi connectivity index (χ0v) is 18.3. The van der Waals surface area contributed by atoms with Gasteiger partial charge in [0.25, 0.3) is 0 Å². The number of primary amides is 1. The summed E-state index contributed by atoms with van der Waals surface area (Å²) in [7, 11) is 0. The van der Waals surface area contributed by atoms with E-state index in [-0.39, 0.29) is 16.9 Å². The van der Waals surface area contributed by atoms with Crippen LogP contribution in [0.15, 0.2) is 24.3 Å². The van der Waals surface area contributed by atoms with Gasteiger partial charge in [-0.15, -0.1) is 0 Å². The molecule has 1 aliphatic rings. The number of unbranched alkanes of at least 4 members (excludes halogenated alkanes) is 2. The Morgan fingerprint density at radius 2 is 1.90 bits per heavy atom. The zero-order valence-electron chi connectivity index (χ0n) is 18.3. The average molecular weight is 405 g/mol. The van der Waals surface area contributed by atoms with Crippen LogP contribution in [0.2, 0.25) is 0 Å². The number of amides is 2. The van der Waals surface area contributed by atoms with Crippen molar-refractivity contribution in [3.63, 3.8) is 0 Å². The van der Waals surface area contributed by atoms with E-state index < -0.39 is 12.2 Å². The van der Waals surface area contributed by atoms with Crippen LogP contribution in [0.5, 0.6) is 5.75 Å². The molecule has 0 spiro atoms. The number of carbonyl (C=O) groups excluding carboxylic acids is 2. The van der Waals surface area contributed by atoms with Crippen LogP contribution in [-0.4, -0.2) is 24.8 Å². The van der Waals surface area contributed by atoms with Gasteiger partial charge in [0.15, 0.2) is 0 Å². The van der Waals surface area contributed by atoms with Crippen molar-refractivity contribution in [3.05, 3.63) is 29.8 Å². The lowest BCUT2D eigenvalue weighted by Gasteiger charge is -2.45. The number of rotatable bonds is 8.